The minimum absolute atomic E-state index is 0.0138. The lowest BCUT2D eigenvalue weighted by Gasteiger charge is -2.31. The molecule has 1 amide bonds. The van der Waals surface area contributed by atoms with Crippen LogP contribution >= 0.6 is 0 Å². The van der Waals surface area contributed by atoms with Gasteiger partial charge in [-0.15, -0.1) is 0 Å². The molecule has 2 rings (SSSR count). The van der Waals surface area contributed by atoms with Crippen molar-refractivity contribution in [2.45, 2.75) is 46.5 Å². The lowest BCUT2D eigenvalue weighted by molar-refractivity contribution is -0.150. The number of carbonyl (C=O) groups is 2. The van der Waals surface area contributed by atoms with Crippen LogP contribution in [0.5, 0.6) is 0 Å². The van der Waals surface area contributed by atoms with E-state index in [4.69, 9.17) is 4.74 Å². The first kappa shape index (κ1) is 19.4. The van der Waals surface area contributed by atoms with Gasteiger partial charge in [-0.2, -0.15) is 0 Å². The summed E-state index contributed by atoms with van der Waals surface area (Å²) in [6.07, 6.45) is 3.54. The number of para-hydroxylation sites is 1. The fraction of sp³-hybridized carbons (Fsp3) is 0.600. The van der Waals surface area contributed by atoms with Gasteiger partial charge in [-0.05, 0) is 50.3 Å². The highest BCUT2D eigenvalue weighted by atomic mass is 16.5. The summed E-state index contributed by atoms with van der Waals surface area (Å²) in [6.45, 7) is 8.18. The number of benzene rings is 1. The minimum Gasteiger partial charge on any atom is -0.466 e. The Morgan fingerprint density at radius 3 is 2.48 bits per heavy atom. The predicted molar refractivity (Wildman–Crippen MR) is 99.6 cm³/mol. The van der Waals surface area contributed by atoms with Gasteiger partial charge in [-0.25, -0.2) is 0 Å². The fourth-order valence-corrected chi connectivity index (χ4v) is 3.44. The molecule has 0 aliphatic carbocycles. The van der Waals surface area contributed by atoms with E-state index in [1.54, 1.807) is 0 Å². The van der Waals surface area contributed by atoms with Gasteiger partial charge in [0.2, 0.25) is 5.91 Å². The van der Waals surface area contributed by atoms with Crippen LogP contribution in [0, 0.1) is 5.92 Å². The second kappa shape index (κ2) is 9.56. The molecule has 0 radical (unpaired) electrons. The van der Waals surface area contributed by atoms with Crippen molar-refractivity contribution < 1.29 is 14.3 Å². The zero-order valence-corrected chi connectivity index (χ0v) is 15.6. The molecule has 138 valence electrons. The van der Waals surface area contributed by atoms with Crippen molar-refractivity contribution in [3.8, 4) is 0 Å². The Kier molecular flexibility index (Phi) is 7.44. The average molecular weight is 346 g/mol. The first-order chi connectivity index (χ1) is 12.1. The molecular formula is C20H30N2O3. The maximum Gasteiger partial charge on any atom is 0.310 e. The zero-order valence-electron chi connectivity index (χ0n) is 15.6. The van der Waals surface area contributed by atoms with Crippen molar-refractivity contribution >= 4 is 17.6 Å². The number of piperidine rings is 1. The van der Waals surface area contributed by atoms with Gasteiger partial charge < -0.3 is 10.1 Å². The summed E-state index contributed by atoms with van der Waals surface area (Å²) in [6, 6.07) is 6.17. The van der Waals surface area contributed by atoms with Gasteiger partial charge in [0.15, 0.2) is 0 Å². The number of anilines is 1. The third-order valence-corrected chi connectivity index (χ3v) is 4.76. The number of nitrogens with zero attached hydrogens (tertiary/aromatic N) is 1. The minimum atomic E-state index is -0.141. The molecule has 1 aromatic carbocycles. The maximum atomic E-state index is 12.6. The van der Waals surface area contributed by atoms with Gasteiger partial charge in [-0.1, -0.05) is 32.0 Å². The van der Waals surface area contributed by atoms with Crippen LogP contribution in [0.15, 0.2) is 18.2 Å². The quantitative estimate of drug-likeness (QED) is 0.771. The first-order valence-corrected chi connectivity index (χ1v) is 9.38. The second-order valence-electron chi connectivity index (χ2n) is 6.53. The normalized spacial score (nSPS) is 18.0. The molecule has 0 spiro atoms. The molecule has 5 nitrogen and oxygen atoms in total. The smallest absolute Gasteiger partial charge is 0.310 e. The van der Waals surface area contributed by atoms with Crippen LogP contribution in [0.1, 0.15) is 44.7 Å². The fourth-order valence-electron chi connectivity index (χ4n) is 3.44. The number of likely N-dealkylation sites (tertiary alicyclic amines) is 1. The average Bonchev–Trinajstić information content (AvgIpc) is 2.62. The predicted octanol–water partition coefficient (Wildman–Crippen LogP) is 3.03. The Bertz CT molecular complexity index is 578. The van der Waals surface area contributed by atoms with Gasteiger partial charge in [0, 0.05) is 12.2 Å². The monoisotopic (exact) mass is 346 g/mol. The zero-order chi connectivity index (χ0) is 18.2. The van der Waals surface area contributed by atoms with E-state index in [0.29, 0.717) is 19.7 Å². The highest BCUT2D eigenvalue weighted by molar-refractivity contribution is 5.94. The number of aryl methyl sites for hydroxylation is 2. The summed E-state index contributed by atoms with van der Waals surface area (Å²) >= 11 is 0. The van der Waals surface area contributed by atoms with Crippen molar-refractivity contribution in [3.05, 3.63) is 29.3 Å². The van der Waals surface area contributed by atoms with Gasteiger partial charge in [0.05, 0.1) is 19.1 Å². The van der Waals surface area contributed by atoms with E-state index in [9.17, 15) is 9.59 Å². The number of carbonyl (C=O) groups excluding carboxylic acids is 2. The largest absolute Gasteiger partial charge is 0.466 e. The third-order valence-electron chi connectivity index (χ3n) is 4.76. The first-order valence-electron chi connectivity index (χ1n) is 9.38. The Labute approximate surface area is 150 Å². The molecule has 0 aromatic heterocycles. The van der Waals surface area contributed by atoms with Gasteiger partial charge in [0.1, 0.15) is 0 Å². The number of nitrogens with one attached hydrogen (secondary N) is 1. The molecule has 1 aliphatic rings. The molecule has 25 heavy (non-hydrogen) atoms. The Hall–Kier alpha value is -1.88. The number of esters is 1. The molecule has 1 heterocycles. The van der Waals surface area contributed by atoms with E-state index < -0.39 is 0 Å². The van der Waals surface area contributed by atoms with Gasteiger partial charge in [0.25, 0.3) is 0 Å². The lowest BCUT2D eigenvalue weighted by Crippen LogP contribution is -2.43. The summed E-state index contributed by atoms with van der Waals surface area (Å²) in [5.41, 5.74) is 3.28. The molecule has 1 fully saturated rings. The second-order valence-corrected chi connectivity index (χ2v) is 6.53. The van der Waals surface area contributed by atoms with E-state index in [1.807, 2.05) is 13.0 Å². The Balaban J connectivity index is 1.97. The summed E-state index contributed by atoms with van der Waals surface area (Å²) in [5, 5.41) is 3.10. The number of rotatable bonds is 7. The number of ether oxygens (including phenoxy) is 1. The third kappa shape index (κ3) is 5.30. The highest BCUT2D eigenvalue weighted by Gasteiger charge is 2.27. The lowest BCUT2D eigenvalue weighted by atomic mass is 9.98. The molecule has 1 N–H and O–H groups in total. The Morgan fingerprint density at radius 2 is 1.88 bits per heavy atom. The van der Waals surface area contributed by atoms with Crippen LogP contribution in [-0.4, -0.2) is 43.0 Å². The van der Waals surface area contributed by atoms with Crippen molar-refractivity contribution in [2.24, 2.45) is 5.92 Å². The van der Waals surface area contributed by atoms with Gasteiger partial charge >= 0.3 is 5.97 Å². The van der Waals surface area contributed by atoms with Gasteiger partial charge in [-0.3, -0.25) is 14.5 Å². The molecular weight excluding hydrogens is 316 g/mol. The summed E-state index contributed by atoms with van der Waals surface area (Å²) in [5.74, 6) is -0.270. The number of hydrogen-bond acceptors (Lipinski definition) is 4. The summed E-state index contributed by atoms with van der Waals surface area (Å²) < 4.78 is 5.12. The topological polar surface area (TPSA) is 58.6 Å². The standard InChI is InChI=1S/C20H30N2O3/c1-4-15-9-7-10-16(5-2)19(15)21-18(23)14-22-12-8-11-17(13-22)20(24)25-6-3/h7,9-10,17H,4-6,8,11-14H2,1-3H3,(H,21,23). The van der Waals surface area contributed by atoms with E-state index >= 15 is 0 Å². The van der Waals surface area contributed by atoms with Crippen LogP contribution in [0.3, 0.4) is 0 Å². The van der Waals surface area contributed by atoms with Crippen molar-refractivity contribution in [3.63, 3.8) is 0 Å². The maximum absolute atomic E-state index is 12.6. The van der Waals surface area contributed by atoms with Crippen LogP contribution in [0.2, 0.25) is 0 Å². The van der Waals surface area contributed by atoms with E-state index in [2.05, 4.69) is 36.2 Å². The molecule has 1 unspecified atom stereocenters. The van der Waals surface area contributed by atoms with E-state index in [-0.39, 0.29) is 17.8 Å². The summed E-state index contributed by atoms with van der Waals surface area (Å²) in [4.78, 5) is 26.5. The van der Waals surface area contributed by atoms with Crippen molar-refractivity contribution in [1.29, 1.82) is 0 Å². The van der Waals surface area contributed by atoms with Crippen molar-refractivity contribution in [1.82, 2.24) is 4.90 Å². The highest BCUT2D eigenvalue weighted by Crippen LogP contribution is 2.23. The molecule has 5 heteroatoms. The van der Waals surface area contributed by atoms with Crippen LogP contribution in [0.4, 0.5) is 5.69 Å². The molecule has 1 aromatic rings. The van der Waals surface area contributed by atoms with Crippen LogP contribution in [-0.2, 0) is 27.2 Å². The van der Waals surface area contributed by atoms with Crippen LogP contribution < -0.4 is 5.32 Å². The van der Waals surface area contributed by atoms with E-state index in [1.165, 1.54) is 0 Å². The molecule has 0 saturated carbocycles. The number of hydrogen-bond donors (Lipinski definition) is 1. The molecule has 0 bridgehead atoms. The molecule has 1 atom stereocenters. The van der Waals surface area contributed by atoms with E-state index in [0.717, 1.165) is 49.0 Å². The SMILES string of the molecule is CCOC(=O)C1CCCN(CC(=O)Nc2c(CC)cccc2CC)C1. The molecule has 1 aliphatic heterocycles. The number of amides is 1. The Morgan fingerprint density at radius 1 is 1.20 bits per heavy atom. The summed E-state index contributed by atoms with van der Waals surface area (Å²) in [7, 11) is 0. The van der Waals surface area contributed by atoms with Crippen LogP contribution in [0.25, 0.3) is 0 Å². The van der Waals surface area contributed by atoms with Crippen molar-refractivity contribution in [2.75, 3.05) is 31.6 Å². The molecule has 1 saturated heterocycles.